The minimum absolute atomic E-state index is 0.631. The zero-order valence-electron chi connectivity index (χ0n) is 21.3. The van der Waals surface area contributed by atoms with E-state index in [1.54, 1.807) is 6.20 Å². The molecule has 0 amide bonds. The lowest BCUT2D eigenvalue weighted by molar-refractivity contribution is 1.16. The summed E-state index contributed by atoms with van der Waals surface area (Å²) in [6.07, 6.45) is 1.79. The molecule has 0 N–H and O–H groups in total. The summed E-state index contributed by atoms with van der Waals surface area (Å²) >= 11 is 0. The molecule has 39 heavy (non-hydrogen) atoms. The quantitative estimate of drug-likeness (QED) is 0.229. The van der Waals surface area contributed by atoms with Crippen LogP contribution in [0.4, 0.5) is 0 Å². The normalized spacial score (nSPS) is 11.2. The number of benzene rings is 3. The van der Waals surface area contributed by atoms with E-state index in [4.69, 9.17) is 19.9 Å². The molecule has 0 bridgehead atoms. The van der Waals surface area contributed by atoms with E-state index < -0.39 is 0 Å². The Balaban J connectivity index is 1.49. The predicted octanol–water partition coefficient (Wildman–Crippen LogP) is 7.94. The zero-order chi connectivity index (χ0) is 26.2. The van der Waals surface area contributed by atoms with Crippen LogP contribution < -0.4 is 0 Å². The summed E-state index contributed by atoms with van der Waals surface area (Å²) in [7, 11) is 0. The van der Waals surface area contributed by atoms with Gasteiger partial charge in [-0.1, -0.05) is 84.9 Å². The van der Waals surface area contributed by atoms with E-state index in [0.29, 0.717) is 5.82 Å². The second kappa shape index (κ2) is 9.54. The topological polar surface area (TPSA) is 64.5 Å². The number of nitrogens with zero attached hydrogens (tertiary/aromatic N) is 5. The Morgan fingerprint density at radius 1 is 0.487 bits per heavy atom. The van der Waals surface area contributed by atoms with E-state index in [9.17, 15) is 0 Å². The molecule has 5 heteroatoms. The Kier molecular flexibility index (Phi) is 5.60. The first-order valence-electron chi connectivity index (χ1n) is 12.9. The third-order valence-electron chi connectivity index (χ3n) is 6.80. The molecule has 5 nitrogen and oxygen atoms in total. The van der Waals surface area contributed by atoms with Crippen molar-refractivity contribution in [1.29, 1.82) is 0 Å². The summed E-state index contributed by atoms with van der Waals surface area (Å²) in [4.78, 5) is 24.7. The number of rotatable bonds is 4. The predicted molar refractivity (Wildman–Crippen MR) is 157 cm³/mol. The first kappa shape index (κ1) is 22.9. The number of pyridine rings is 3. The molecule has 0 atom stereocenters. The average Bonchev–Trinajstić information content (AvgIpc) is 3.01. The molecule has 0 radical (unpaired) electrons. The van der Waals surface area contributed by atoms with E-state index in [1.807, 2.05) is 67.6 Å². The van der Waals surface area contributed by atoms with Crippen molar-refractivity contribution in [3.05, 3.63) is 127 Å². The van der Waals surface area contributed by atoms with Gasteiger partial charge < -0.3 is 0 Å². The van der Waals surface area contributed by atoms with Gasteiger partial charge in [0.15, 0.2) is 5.82 Å². The first-order valence-corrected chi connectivity index (χ1v) is 12.9. The van der Waals surface area contributed by atoms with Crippen molar-refractivity contribution in [2.45, 2.75) is 6.92 Å². The van der Waals surface area contributed by atoms with Gasteiger partial charge in [-0.25, -0.2) is 15.0 Å². The lowest BCUT2D eigenvalue weighted by Gasteiger charge is -2.13. The van der Waals surface area contributed by atoms with Gasteiger partial charge in [-0.05, 0) is 37.3 Å². The summed E-state index contributed by atoms with van der Waals surface area (Å²) in [6, 6.07) is 38.7. The molecule has 0 aliphatic rings. The van der Waals surface area contributed by atoms with Crippen LogP contribution in [0.3, 0.4) is 0 Å². The second-order valence-corrected chi connectivity index (χ2v) is 9.45. The van der Waals surface area contributed by atoms with E-state index >= 15 is 0 Å². The maximum Gasteiger partial charge on any atom is 0.161 e. The van der Waals surface area contributed by atoms with Crippen molar-refractivity contribution >= 4 is 21.8 Å². The molecule has 0 saturated carbocycles. The summed E-state index contributed by atoms with van der Waals surface area (Å²) in [6.45, 7) is 2.00. The SMILES string of the molecule is Cc1cc(-c2nc(-c3ccccc3)cc(-c3ccccn3)n2)c2ccc3ccc(-c4ccccc4)nc3c2n1. The highest BCUT2D eigenvalue weighted by Gasteiger charge is 2.16. The number of fused-ring (bicyclic) bond motifs is 3. The van der Waals surface area contributed by atoms with Gasteiger partial charge >= 0.3 is 0 Å². The van der Waals surface area contributed by atoms with Crippen molar-refractivity contribution in [3.63, 3.8) is 0 Å². The van der Waals surface area contributed by atoms with Gasteiger partial charge in [-0.3, -0.25) is 9.97 Å². The third-order valence-corrected chi connectivity index (χ3v) is 6.80. The molecule has 4 aromatic heterocycles. The highest BCUT2D eigenvalue weighted by molar-refractivity contribution is 6.08. The van der Waals surface area contributed by atoms with E-state index in [1.165, 1.54) is 0 Å². The fourth-order valence-corrected chi connectivity index (χ4v) is 4.92. The molecule has 0 spiro atoms. The molecular weight excluding hydrogens is 478 g/mol. The van der Waals surface area contributed by atoms with E-state index in [0.717, 1.165) is 67.0 Å². The molecule has 0 aliphatic heterocycles. The van der Waals surface area contributed by atoms with Crippen LogP contribution in [0, 0.1) is 6.92 Å². The van der Waals surface area contributed by atoms with Gasteiger partial charge in [0.05, 0.1) is 33.8 Å². The van der Waals surface area contributed by atoms with E-state index in [2.05, 4.69) is 59.6 Å². The molecule has 0 unspecified atom stereocenters. The van der Waals surface area contributed by atoms with Crippen LogP contribution in [-0.4, -0.2) is 24.9 Å². The summed E-state index contributed by atoms with van der Waals surface area (Å²) in [5.74, 6) is 0.631. The molecule has 7 rings (SSSR count). The molecule has 184 valence electrons. The van der Waals surface area contributed by atoms with Crippen LogP contribution in [0.1, 0.15) is 5.69 Å². The molecule has 7 aromatic rings. The largest absolute Gasteiger partial charge is 0.255 e. The van der Waals surface area contributed by atoms with Crippen LogP contribution in [-0.2, 0) is 0 Å². The number of aryl methyl sites for hydroxylation is 1. The van der Waals surface area contributed by atoms with Crippen molar-refractivity contribution in [2.75, 3.05) is 0 Å². The molecule has 0 fully saturated rings. The summed E-state index contributed by atoms with van der Waals surface area (Å²) in [5.41, 5.74) is 8.92. The van der Waals surface area contributed by atoms with Gasteiger partial charge in [-0.15, -0.1) is 0 Å². The molecular formula is C34H23N5. The Bertz CT molecular complexity index is 1900. The minimum Gasteiger partial charge on any atom is -0.255 e. The van der Waals surface area contributed by atoms with Gasteiger partial charge in [-0.2, -0.15) is 0 Å². The highest BCUT2D eigenvalue weighted by atomic mass is 14.9. The molecule has 4 heterocycles. The van der Waals surface area contributed by atoms with Crippen LogP contribution in [0.15, 0.2) is 121 Å². The molecule has 0 aliphatic carbocycles. The monoisotopic (exact) mass is 501 g/mol. The lowest BCUT2D eigenvalue weighted by atomic mass is 10.0. The average molecular weight is 502 g/mol. The van der Waals surface area contributed by atoms with Crippen molar-refractivity contribution in [1.82, 2.24) is 24.9 Å². The fourth-order valence-electron chi connectivity index (χ4n) is 4.92. The minimum atomic E-state index is 0.631. The number of hydrogen-bond donors (Lipinski definition) is 0. The fraction of sp³-hybridized carbons (Fsp3) is 0.0294. The van der Waals surface area contributed by atoms with Crippen LogP contribution in [0.5, 0.6) is 0 Å². The Morgan fingerprint density at radius 3 is 1.92 bits per heavy atom. The van der Waals surface area contributed by atoms with Gasteiger partial charge in [0.1, 0.15) is 0 Å². The summed E-state index contributed by atoms with van der Waals surface area (Å²) in [5, 5.41) is 2.00. The highest BCUT2D eigenvalue weighted by Crippen LogP contribution is 2.34. The maximum absolute atomic E-state index is 5.07. The molecule has 3 aromatic carbocycles. The smallest absolute Gasteiger partial charge is 0.161 e. The lowest BCUT2D eigenvalue weighted by Crippen LogP contribution is -1.99. The van der Waals surface area contributed by atoms with E-state index in [-0.39, 0.29) is 0 Å². The third kappa shape index (κ3) is 4.30. The van der Waals surface area contributed by atoms with Crippen LogP contribution >= 0.6 is 0 Å². The van der Waals surface area contributed by atoms with Crippen LogP contribution in [0.2, 0.25) is 0 Å². The van der Waals surface area contributed by atoms with Crippen LogP contribution in [0.25, 0.3) is 67.1 Å². The zero-order valence-corrected chi connectivity index (χ0v) is 21.3. The Labute approximate surface area is 225 Å². The van der Waals surface area contributed by atoms with Crippen molar-refractivity contribution < 1.29 is 0 Å². The summed E-state index contributed by atoms with van der Waals surface area (Å²) < 4.78 is 0. The van der Waals surface area contributed by atoms with Crippen molar-refractivity contribution in [2.24, 2.45) is 0 Å². The maximum atomic E-state index is 5.07. The van der Waals surface area contributed by atoms with Gasteiger partial charge in [0.2, 0.25) is 0 Å². The number of hydrogen-bond acceptors (Lipinski definition) is 5. The Hall–Kier alpha value is -5.29. The standard InChI is InChI=1S/C34H23N5/c1-22-20-27(26-17-15-25-16-18-28(23-10-4-2-5-11-23)37-32(25)33(26)36-22)34-38-30(24-12-6-3-7-13-24)21-31(39-34)29-14-8-9-19-35-29/h2-21H,1H3. The molecule has 0 saturated heterocycles. The first-order chi connectivity index (χ1) is 19.2. The van der Waals surface area contributed by atoms with Gasteiger partial charge in [0, 0.05) is 39.4 Å². The second-order valence-electron chi connectivity index (χ2n) is 9.45. The van der Waals surface area contributed by atoms with Crippen molar-refractivity contribution in [3.8, 4) is 45.3 Å². The number of aromatic nitrogens is 5. The Morgan fingerprint density at radius 2 is 1.18 bits per heavy atom. The van der Waals surface area contributed by atoms with Gasteiger partial charge in [0.25, 0.3) is 0 Å².